The van der Waals surface area contributed by atoms with E-state index in [1.165, 1.54) is 6.07 Å². The third-order valence-corrected chi connectivity index (χ3v) is 4.40. The zero-order valence-electron chi connectivity index (χ0n) is 11.2. The van der Waals surface area contributed by atoms with Gasteiger partial charge in [-0.25, -0.2) is 9.37 Å². The van der Waals surface area contributed by atoms with Crippen LogP contribution in [0.3, 0.4) is 0 Å². The molecule has 6 heteroatoms. The summed E-state index contributed by atoms with van der Waals surface area (Å²) in [7, 11) is 0. The van der Waals surface area contributed by atoms with Crippen LogP contribution < -0.4 is 0 Å². The van der Waals surface area contributed by atoms with Gasteiger partial charge in [-0.05, 0) is 52.2 Å². The number of thiophene rings is 1. The summed E-state index contributed by atoms with van der Waals surface area (Å²) in [6, 6.07) is 8.52. The van der Waals surface area contributed by atoms with Gasteiger partial charge < -0.3 is 0 Å². The minimum Gasteiger partial charge on any atom is -0.260 e. The van der Waals surface area contributed by atoms with E-state index in [1.807, 2.05) is 22.9 Å². The van der Waals surface area contributed by atoms with Gasteiger partial charge in [0.2, 0.25) is 0 Å². The molecule has 0 spiro atoms. The van der Waals surface area contributed by atoms with Crippen LogP contribution in [0.15, 0.2) is 47.3 Å². The number of fused-ring (bicyclic) bond motifs is 1. The van der Waals surface area contributed by atoms with Crippen molar-refractivity contribution in [2.45, 2.75) is 0 Å². The highest BCUT2D eigenvalue weighted by molar-refractivity contribution is 7.08. The van der Waals surface area contributed by atoms with Crippen LogP contribution in [0.1, 0.15) is 0 Å². The Morgan fingerprint density at radius 2 is 2.05 bits per heavy atom. The molecular weight excluding hydrogens is 321 g/mol. The van der Waals surface area contributed by atoms with E-state index in [0.29, 0.717) is 21.9 Å². The SMILES string of the molecule is Fc1cc(Cl)ccc1-c1n[nH]c2nccc(-c3ccsc3)c12. The fraction of sp³-hybridized carbons (Fsp3) is 0. The molecule has 108 valence electrons. The Labute approximate surface area is 134 Å². The molecule has 3 aromatic heterocycles. The van der Waals surface area contributed by atoms with Crippen LogP contribution in [0.2, 0.25) is 5.02 Å². The summed E-state index contributed by atoms with van der Waals surface area (Å²) < 4.78 is 14.3. The van der Waals surface area contributed by atoms with Crippen LogP contribution in [0.4, 0.5) is 4.39 Å². The summed E-state index contributed by atoms with van der Waals surface area (Å²) in [6.45, 7) is 0. The van der Waals surface area contributed by atoms with Crippen LogP contribution in [-0.4, -0.2) is 15.2 Å². The molecule has 0 fully saturated rings. The molecule has 0 saturated heterocycles. The molecule has 3 nitrogen and oxygen atoms in total. The normalized spacial score (nSPS) is 11.2. The number of aromatic nitrogens is 3. The molecule has 4 aromatic rings. The van der Waals surface area contributed by atoms with Gasteiger partial charge in [0.25, 0.3) is 0 Å². The Bertz CT molecular complexity index is 963. The summed E-state index contributed by atoms with van der Waals surface area (Å²) in [4.78, 5) is 4.28. The van der Waals surface area contributed by atoms with Crippen LogP contribution in [0.5, 0.6) is 0 Å². The summed E-state index contributed by atoms with van der Waals surface area (Å²) in [5.41, 5.74) is 3.62. The van der Waals surface area contributed by atoms with E-state index in [0.717, 1.165) is 16.5 Å². The summed E-state index contributed by atoms with van der Waals surface area (Å²) in [5, 5.41) is 12.3. The Morgan fingerprint density at radius 1 is 1.14 bits per heavy atom. The summed E-state index contributed by atoms with van der Waals surface area (Å²) in [5.74, 6) is -0.402. The lowest BCUT2D eigenvalue weighted by molar-refractivity contribution is 0.631. The zero-order chi connectivity index (χ0) is 15.1. The van der Waals surface area contributed by atoms with Gasteiger partial charge in [-0.2, -0.15) is 16.4 Å². The van der Waals surface area contributed by atoms with E-state index in [-0.39, 0.29) is 0 Å². The Morgan fingerprint density at radius 3 is 2.82 bits per heavy atom. The van der Waals surface area contributed by atoms with E-state index in [1.54, 1.807) is 29.7 Å². The molecule has 4 rings (SSSR count). The second kappa shape index (κ2) is 5.19. The largest absolute Gasteiger partial charge is 0.260 e. The van der Waals surface area contributed by atoms with Gasteiger partial charge >= 0.3 is 0 Å². The van der Waals surface area contributed by atoms with E-state index in [4.69, 9.17) is 11.6 Å². The molecule has 3 heterocycles. The number of pyridine rings is 1. The molecule has 22 heavy (non-hydrogen) atoms. The lowest BCUT2D eigenvalue weighted by Gasteiger charge is -2.04. The molecular formula is C16H9ClFN3S. The highest BCUT2D eigenvalue weighted by Gasteiger charge is 2.17. The van der Waals surface area contributed by atoms with Crippen molar-refractivity contribution in [3.8, 4) is 22.4 Å². The van der Waals surface area contributed by atoms with E-state index < -0.39 is 5.82 Å². The molecule has 0 aliphatic rings. The third kappa shape index (κ3) is 2.10. The first-order valence-corrected chi connectivity index (χ1v) is 7.87. The number of nitrogens with zero attached hydrogens (tertiary/aromatic N) is 2. The fourth-order valence-electron chi connectivity index (χ4n) is 2.49. The summed E-state index contributed by atoms with van der Waals surface area (Å²) in [6.07, 6.45) is 1.72. The maximum Gasteiger partial charge on any atom is 0.156 e. The van der Waals surface area contributed by atoms with Gasteiger partial charge in [-0.3, -0.25) is 5.10 Å². The van der Waals surface area contributed by atoms with Crippen molar-refractivity contribution in [3.63, 3.8) is 0 Å². The first-order valence-electron chi connectivity index (χ1n) is 6.55. The Balaban J connectivity index is 2.03. The smallest absolute Gasteiger partial charge is 0.156 e. The number of aromatic amines is 1. The number of benzene rings is 1. The van der Waals surface area contributed by atoms with Crippen molar-refractivity contribution in [1.29, 1.82) is 0 Å². The van der Waals surface area contributed by atoms with E-state index in [2.05, 4.69) is 15.2 Å². The second-order valence-electron chi connectivity index (χ2n) is 4.79. The predicted molar refractivity (Wildman–Crippen MR) is 87.6 cm³/mol. The van der Waals surface area contributed by atoms with Gasteiger partial charge in [0.05, 0.1) is 5.39 Å². The number of hydrogen-bond donors (Lipinski definition) is 1. The van der Waals surface area contributed by atoms with Crippen LogP contribution in [0.25, 0.3) is 33.4 Å². The topological polar surface area (TPSA) is 41.6 Å². The molecule has 0 bridgehead atoms. The molecule has 0 unspecified atom stereocenters. The van der Waals surface area contributed by atoms with Crippen LogP contribution in [0, 0.1) is 5.82 Å². The fourth-order valence-corrected chi connectivity index (χ4v) is 3.30. The lowest BCUT2D eigenvalue weighted by atomic mass is 10.0. The van der Waals surface area contributed by atoms with Gasteiger partial charge in [-0.1, -0.05) is 11.6 Å². The minimum atomic E-state index is -0.402. The lowest BCUT2D eigenvalue weighted by Crippen LogP contribution is -1.87. The number of H-pyrrole nitrogens is 1. The molecule has 0 saturated carbocycles. The standard InChI is InChI=1S/C16H9ClFN3S/c17-10-1-2-12(13(18)7-10)15-14-11(9-4-6-22-8-9)3-5-19-16(14)21-20-15/h1-8H,(H,19,20,21). The first kappa shape index (κ1) is 13.4. The zero-order valence-corrected chi connectivity index (χ0v) is 12.7. The molecule has 1 N–H and O–H groups in total. The van der Waals surface area contributed by atoms with Crippen molar-refractivity contribution in [3.05, 3.63) is 58.1 Å². The maximum atomic E-state index is 14.3. The Hall–Kier alpha value is -2.24. The van der Waals surface area contributed by atoms with E-state index >= 15 is 0 Å². The predicted octanol–water partition coefficient (Wildman–Crippen LogP) is 5.15. The molecule has 1 aromatic carbocycles. The number of hydrogen-bond acceptors (Lipinski definition) is 3. The third-order valence-electron chi connectivity index (χ3n) is 3.48. The average Bonchev–Trinajstić information content (AvgIpc) is 3.16. The maximum absolute atomic E-state index is 14.3. The quantitative estimate of drug-likeness (QED) is 0.553. The van der Waals surface area contributed by atoms with Crippen molar-refractivity contribution in [1.82, 2.24) is 15.2 Å². The minimum absolute atomic E-state index is 0.359. The number of halogens is 2. The van der Waals surface area contributed by atoms with Crippen LogP contribution >= 0.6 is 22.9 Å². The van der Waals surface area contributed by atoms with Gasteiger partial charge in [-0.15, -0.1) is 0 Å². The monoisotopic (exact) mass is 329 g/mol. The van der Waals surface area contributed by atoms with Crippen molar-refractivity contribution < 1.29 is 4.39 Å². The summed E-state index contributed by atoms with van der Waals surface area (Å²) >= 11 is 7.44. The van der Waals surface area contributed by atoms with Crippen LogP contribution in [-0.2, 0) is 0 Å². The molecule has 0 aliphatic carbocycles. The second-order valence-corrected chi connectivity index (χ2v) is 6.01. The number of nitrogens with one attached hydrogen (secondary N) is 1. The van der Waals surface area contributed by atoms with Gasteiger partial charge in [0.15, 0.2) is 5.65 Å². The average molecular weight is 330 g/mol. The molecule has 0 aliphatic heterocycles. The van der Waals surface area contributed by atoms with Crippen molar-refractivity contribution in [2.24, 2.45) is 0 Å². The highest BCUT2D eigenvalue weighted by atomic mass is 35.5. The molecule has 0 amide bonds. The highest BCUT2D eigenvalue weighted by Crippen LogP contribution is 2.36. The van der Waals surface area contributed by atoms with Gasteiger partial charge in [0.1, 0.15) is 11.5 Å². The van der Waals surface area contributed by atoms with Crippen molar-refractivity contribution in [2.75, 3.05) is 0 Å². The van der Waals surface area contributed by atoms with E-state index in [9.17, 15) is 4.39 Å². The Kier molecular flexibility index (Phi) is 3.17. The first-order chi connectivity index (χ1) is 10.7. The van der Waals surface area contributed by atoms with Gasteiger partial charge in [0, 0.05) is 16.8 Å². The van der Waals surface area contributed by atoms with Crippen molar-refractivity contribution >= 4 is 34.0 Å². The molecule has 0 atom stereocenters. The number of rotatable bonds is 2. The molecule has 0 radical (unpaired) electrons.